The van der Waals surface area contributed by atoms with Crippen LogP contribution < -0.4 is 10.2 Å². The molecule has 172 valence electrons. The number of nitro benzene ring substituents is 1. The summed E-state index contributed by atoms with van der Waals surface area (Å²) in [6, 6.07) is 4.31. The summed E-state index contributed by atoms with van der Waals surface area (Å²) in [5, 5.41) is 18.6. The molecule has 32 heavy (non-hydrogen) atoms. The van der Waals surface area contributed by atoms with Gasteiger partial charge in [-0.2, -0.15) is 5.10 Å². The zero-order valence-corrected chi connectivity index (χ0v) is 19.0. The monoisotopic (exact) mass is 443 g/mol. The molecule has 1 amide bonds. The van der Waals surface area contributed by atoms with E-state index < -0.39 is 22.9 Å². The average Bonchev–Trinajstić information content (AvgIpc) is 2.99. The van der Waals surface area contributed by atoms with Crippen molar-refractivity contribution in [3.8, 4) is 0 Å². The molecule has 1 aliphatic heterocycles. The fourth-order valence-electron chi connectivity index (χ4n) is 3.93. The van der Waals surface area contributed by atoms with Crippen LogP contribution in [-0.2, 0) is 16.6 Å². The number of carbonyl (C=O) groups is 2. The highest BCUT2D eigenvalue weighted by Gasteiger charge is 2.27. The Morgan fingerprint density at radius 2 is 2.06 bits per heavy atom. The fourth-order valence-corrected chi connectivity index (χ4v) is 3.93. The standard InChI is InChI=1S/C22H29N5O5/c1-13-7-6-10-26(12-13)18-9-8-17(11-19(18)27(30)31)22(29)32-16(4)21(28)23-20-14(2)24-25(5)15(20)3/h8-9,11,13,16H,6-7,10,12H2,1-5H3,(H,23,28)/t13-,16+/m1/s1. The maximum Gasteiger partial charge on any atom is 0.339 e. The van der Waals surface area contributed by atoms with E-state index >= 15 is 0 Å². The molecule has 10 heteroatoms. The van der Waals surface area contributed by atoms with Gasteiger partial charge in [0.15, 0.2) is 6.10 Å². The van der Waals surface area contributed by atoms with E-state index in [1.165, 1.54) is 19.1 Å². The summed E-state index contributed by atoms with van der Waals surface area (Å²) < 4.78 is 6.92. The zero-order chi connectivity index (χ0) is 23.6. The van der Waals surface area contributed by atoms with Gasteiger partial charge in [0.05, 0.1) is 27.6 Å². The van der Waals surface area contributed by atoms with E-state index in [-0.39, 0.29) is 11.3 Å². The third-order valence-electron chi connectivity index (χ3n) is 5.82. The van der Waals surface area contributed by atoms with Crippen LogP contribution in [0.2, 0.25) is 0 Å². The molecule has 0 radical (unpaired) electrons. The number of nitrogens with zero attached hydrogens (tertiary/aromatic N) is 4. The first kappa shape index (κ1) is 23.2. The molecule has 0 saturated carbocycles. The van der Waals surface area contributed by atoms with E-state index in [0.29, 0.717) is 23.0 Å². The van der Waals surface area contributed by atoms with Crippen molar-refractivity contribution in [2.45, 2.75) is 46.6 Å². The third kappa shape index (κ3) is 4.90. The first-order valence-corrected chi connectivity index (χ1v) is 10.6. The van der Waals surface area contributed by atoms with Crippen molar-refractivity contribution < 1.29 is 19.2 Å². The first-order valence-electron chi connectivity index (χ1n) is 10.6. The van der Waals surface area contributed by atoms with E-state index in [0.717, 1.165) is 31.6 Å². The van der Waals surface area contributed by atoms with Crippen LogP contribution in [0.15, 0.2) is 18.2 Å². The summed E-state index contributed by atoms with van der Waals surface area (Å²) in [6.45, 7) is 8.62. The van der Waals surface area contributed by atoms with Gasteiger partial charge in [-0.25, -0.2) is 4.79 Å². The maximum absolute atomic E-state index is 12.6. The minimum Gasteiger partial charge on any atom is -0.449 e. The van der Waals surface area contributed by atoms with Crippen LogP contribution in [0.1, 0.15) is 48.4 Å². The Bertz CT molecular complexity index is 1050. The molecule has 3 rings (SSSR count). The predicted molar refractivity (Wildman–Crippen MR) is 120 cm³/mol. The molecule has 1 aromatic carbocycles. The number of hydrogen-bond donors (Lipinski definition) is 1. The number of piperidine rings is 1. The molecule has 2 atom stereocenters. The van der Waals surface area contributed by atoms with Gasteiger partial charge in [0.2, 0.25) is 0 Å². The van der Waals surface area contributed by atoms with Crippen LogP contribution in [0.5, 0.6) is 0 Å². The van der Waals surface area contributed by atoms with Crippen molar-refractivity contribution in [3.05, 3.63) is 45.3 Å². The van der Waals surface area contributed by atoms with Crippen molar-refractivity contribution in [2.24, 2.45) is 13.0 Å². The normalized spacial score (nSPS) is 17.0. The van der Waals surface area contributed by atoms with E-state index in [1.807, 2.05) is 11.8 Å². The van der Waals surface area contributed by atoms with Crippen molar-refractivity contribution in [3.63, 3.8) is 0 Å². The van der Waals surface area contributed by atoms with Gasteiger partial charge in [-0.1, -0.05) is 6.92 Å². The van der Waals surface area contributed by atoms with Crippen LogP contribution in [0.25, 0.3) is 0 Å². The number of nitrogens with one attached hydrogen (secondary N) is 1. The quantitative estimate of drug-likeness (QED) is 0.413. The Morgan fingerprint density at radius 1 is 1.34 bits per heavy atom. The van der Waals surface area contributed by atoms with Gasteiger partial charge in [0.25, 0.3) is 11.6 Å². The van der Waals surface area contributed by atoms with Crippen molar-refractivity contribution >= 4 is 28.9 Å². The highest BCUT2D eigenvalue weighted by molar-refractivity contribution is 5.98. The largest absolute Gasteiger partial charge is 0.449 e. The number of amides is 1. The molecule has 0 aliphatic carbocycles. The number of nitro groups is 1. The average molecular weight is 444 g/mol. The lowest BCUT2D eigenvalue weighted by atomic mass is 9.99. The third-order valence-corrected chi connectivity index (χ3v) is 5.82. The van der Waals surface area contributed by atoms with Crippen molar-refractivity contribution in [1.29, 1.82) is 0 Å². The zero-order valence-electron chi connectivity index (χ0n) is 19.0. The Balaban J connectivity index is 1.73. The second kappa shape index (κ2) is 9.37. The summed E-state index contributed by atoms with van der Waals surface area (Å²) in [5.41, 5.74) is 2.36. The second-order valence-electron chi connectivity index (χ2n) is 8.36. The number of anilines is 2. The van der Waals surface area contributed by atoms with Gasteiger partial charge < -0.3 is 15.0 Å². The van der Waals surface area contributed by atoms with Crippen molar-refractivity contribution in [2.75, 3.05) is 23.3 Å². The molecule has 0 bridgehead atoms. The van der Waals surface area contributed by atoms with Gasteiger partial charge in [0, 0.05) is 26.2 Å². The summed E-state index contributed by atoms with van der Waals surface area (Å²) >= 11 is 0. The Hall–Kier alpha value is -3.43. The van der Waals surface area contributed by atoms with Crippen LogP contribution in [-0.4, -0.2) is 45.8 Å². The number of benzene rings is 1. The molecule has 1 aromatic heterocycles. The lowest BCUT2D eigenvalue weighted by molar-refractivity contribution is -0.384. The minimum absolute atomic E-state index is 0.0268. The fraction of sp³-hybridized carbons (Fsp3) is 0.500. The summed E-state index contributed by atoms with van der Waals surface area (Å²) in [6.07, 6.45) is 0.959. The number of aryl methyl sites for hydroxylation is 2. The topological polar surface area (TPSA) is 120 Å². The summed E-state index contributed by atoms with van der Waals surface area (Å²) in [5.74, 6) is -0.862. The van der Waals surface area contributed by atoms with Gasteiger partial charge in [0.1, 0.15) is 5.69 Å². The number of hydrogen-bond acceptors (Lipinski definition) is 7. The molecule has 10 nitrogen and oxygen atoms in total. The highest BCUT2D eigenvalue weighted by Crippen LogP contribution is 2.32. The number of rotatable bonds is 6. The van der Waals surface area contributed by atoms with Crippen LogP contribution in [0.4, 0.5) is 17.1 Å². The molecule has 1 aliphatic rings. The van der Waals surface area contributed by atoms with Gasteiger partial charge in [-0.3, -0.25) is 19.6 Å². The van der Waals surface area contributed by atoms with Gasteiger partial charge in [-0.05, 0) is 51.7 Å². The van der Waals surface area contributed by atoms with E-state index in [2.05, 4.69) is 17.3 Å². The lowest BCUT2D eigenvalue weighted by Crippen LogP contribution is -2.34. The highest BCUT2D eigenvalue weighted by atomic mass is 16.6. The number of ether oxygens (including phenoxy) is 1. The Morgan fingerprint density at radius 3 is 2.66 bits per heavy atom. The van der Waals surface area contributed by atoms with E-state index in [1.54, 1.807) is 24.7 Å². The Labute approximate surface area is 186 Å². The van der Waals surface area contributed by atoms with Gasteiger partial charge in [-0.15, -0.1) is 0 Å². The minimum atomic E-state index is -1.09. The number of aromatic nitrogens is 2. The SMILES string of the molecule is Cc1nn(C)c(C)c1NC(=O)[C@H](C)OC(=O)c1ccc(N2CCC[C@@H](C)C2)c([N+](=O)[O-])c1. The van der Waals surface area contributed by atoms with E-state index in [4.69, 9.17) is 4.74 Å². The molecular formula is C22H29N5O5. The predicted octanol–water partition coefficient (Wildman–Crippen LogP) is 3.37. The smallest absolute Gasteiger partial charge is 0.339 e. The summed E-state index contributed by atoms with van der Waals surface area (Å²) in [7, 11) is 1.77. The van der Waals surface area contributed by atoms with Gasteiger partial charge >= 0.3 is 5.97 Å². The second-order valence-corrected chi connectivity index (χ2v) is 8.36. The molecule has 2 heterocycles. The summed E-state index contributed by atoms with van der Waals surface area (Å²) in [4.78, 5) is 38.3. The lowest BCUT2D eigenvalue weighted by Gasteiger charge is -2.32. The molecule has 1 saturated heterocycles. The van der Waals surface area contributed by atoms with E-state index in [9.17, 15) is 19.7 Å². The molecule has 1 fully saturated rings. The molecule has 0 unspecified atom stereocenters. The Kier molecular flexibility index (Phi) is 6.81. The molecular weight excluding hydrogens is 414 g/mol. The molecule has 1 N–H and O–H groups in total. The maximum atomic E-state index is 12.6. The first-order chi connectivity index (χ1) is 15.1. The van der Waals surface area contributed by atoms with Crippen molar-refractivity contribution in [1.82, 2.24) is 9.78 Å². The molecule has 2 aromatic rings. The van der Waals surface area contributed by atoms with Crippen LogP contribution in [0.3, 0.4) is 0 Å². The van der Waals surface area contributed by atoms with Crippen LogP contribution in [0, 0.1) is 29.9 Å². The van der Waals surface area contributed by atoms with Crippen LogP contribution >= 0.6 is 0 Å². The molecule has 0 spiro atoms. The number of carbonyl (C=O) groups excluding carboxylic acids is 2. The number of esters is 1.